The molecule has 3 amide bonds. The van der Waals surface area contributed by atoms with Gasteiger partial charge in [-0.2, -0.15) is 0 Å². The Balaban J connectivity index is 1.28. The number of carbonyl (C=O) groups excluding carboxylic acids is 3. The largest absolute Gasteiger partial charge is 0.467 e. The summed E-state index contributed by atoms with van der Waals surface area (Å²) in [4.78, 5) is 42.4. The molecule has 0 bridgehead atoms. The Labute approximate surface area is 186 Å². The summed E-state index contributed by atoms with van der Waals surface area (Å²) in [6, 6.07) is 14.8. The fourth-order valence-electron chi connectivity index (χ4n) is 5.00. The third kappa shape index (κ3) is 3.60. The molecule has 0 spiro atoms. The van der Waals surface area contributed by atoms with Crippen molar-refractivity contribution >= 4 is 28.5 Å². The van der Waals surface area contributed by atoms with Crippen molar-refractivity contribution in [2.75, 3.05) is 13.1 Å². The van der Waals surface area contributed by atoms with Crippen LogP contribution in [0.1, 0.15) is 71.0 Å². The molecule has 0 unspecified atom stereocenters. The number of hydrogen-bond acceptors (Lipinski definition) is 4. The molecular formula is C26H26N2O4. The first-order valence-electron chi connectivity index (χ1n) is 11.4. The number of nitrogens with zero attached hydrogens (tertiary/aromatic N) is 2. The van der Waals surface area contributed by atoms with Gasteiger partial charge in [0.1, 0.15) is 5.76 Å². The zero-order valence-electron chi connectivity index (χ0n) is 18.0. The van der Waals surface area contributed by atoms with Crippen molar-refractivity contribution in [2.45, 2.75) is 44.6 Å². The van der Waals surface area contributed by atoms with Crippen molar-refractivity contribution in [3.63, 3.8) is 0 Å². The maximum atomic E-state index is 13.1. The smallest absolute Gasteiger partial charge is 0.261 e. The number of hydrogen-bond donors (Lipinski definition) is 0. The number of likely N-dealkylation sites (tertiary alicyclic amines) is 1. The molecule has 1 saturated heterocycles. The molecule has 6 heteroatoms. The first kappa shape index (κ1) is 20.5. The standard InChI is InChI=1S/C26H26N2O4/c29-23(27-15-3-1-2-12-21(27)22-13-7-17-32-22)14-6-16-28-25(30)19-10-4-8-18-9-5-11-20(24(18)19)26(28)31/h4-5,7-11,13,17,21H,1-3,6,12,14-16H2/t21-/m0/s1. The van der Waals surface area contributed by atoms with Crippen molar-refractivity contribution in [1.29, 1.82) is 0 Å². The Bertz CT molecular complexity index is 1120. The second-order valence-corrected chi connectivity index (χ2v) is 8.54. The summed E-state index contributed by atoms with van der Waals surface area (Å²) >= 11 is 0. The first-order valence-corrected chi connectivity index (χ1v) is 11.4. The molecule has 1 fully saturated rings. The van der Waals surface area contributed by atoms with Crippen LogP contribution in [-0.4, -0.2) is 40.6 Å². The van der Waals surface area contributed by atoms with Crippen LogP contribution in [0.5, 0.6) is 0 Å². The lowest BCUT2D eigenvalue weighted by Crippen LogP contribution is -2.41. The van der Waals surface area contributed by atoms with Gasteiger partial charge in [-0.15, -0.1) is 0 Å². The van der Waals surface area contributed by atoms with Gasteiger partial charge in [0.05, 0.1) is 12.3 Å². The molecule has 0 saturated carbocycles. The minimum absolute atomic E-state index is 0.0391. The van der Waals surface area contributed by atoms with E-state index < -0.39 is 0 Å². The summed E-state index contributed by atoms with van der Waals surface area (Å²) in [6.45, 7) is 0.939. The monoisotopic (exact) mass is 430 g/mol. The van der Waals surface area contributed by atoms with Gasteiger partial charge >= 0.3 is 0 Å². The van der Waals surface area contributed by atoms with Crippen LogP contribution < -0.4 is 0 Å². The van der Waals surface area contributed by atoms with Gasteiger partial charge in [-0.1, -0.05) is 37.1 Å². The van der Waals surface area contributed by atoms with E-state index in [9.17, 15) is 14.4 Å². The Morgan fingerprint density at radius 3 is 2.38 bits per heavy atom. The van der Waals surface area contributed by atoms with Gasteiger partial charge in [-0.25, -0.2) is 0 Å². The maximum Gasteiger partial charge on any atom is 0.261 e. The molecule has 5 rings (SSSR count). The molecule has 0 aliphatic carbocycles. The minimum Gasteiger partial charge on any atom is -0.467 e. The Morgan fingerprint density at radius 2 is 1.69 bits per heavy atom. The predicted octanol–water partition coefficient (Wildman–Crippen LogP) is 4.95. The molecule has 0 N–H and O–H groups in total. The highest BCUT2D eigenvalue weighted by Gasteiger charge is 2.33. The van der Waals surface area contributed by atoms with Gasteiger partial charge in [-0.05, 0) is 48.9 Å². The number of benzene rings is 2. The van der Waals surface area contributed by atoms with Gasteiger partial charge in [0.15, 0.2) is 0 Å². The topological polar surface area (TPSA) is 70.8 Å². The molecule has 32 heavy (non-hydrogen) atoms. The van der Waals surface area contributed by atoms with Crippen LogP contribution in [0.3, 0.4) is 0 Å². The Kier molecular flexibility index (Phi) is 5.52. The molecule has 2 aliphatic heterocycles. The SMILES string of the molecule is O=C1c2cccc3cccc(c23)C(=O)N1CCCC(=O)N1CCCCC[C@H]1c1ccco1. The van der Waals surface area contributed by atoms with Crippen LogP contribution in [0.25, 0.3) is 10.8 Å². The summed E-state index contributed by atoms with van der Waals surface area (Å²) in [5.74, 6) is 0.309. The van der Waals surface area contributed by atoms with Gasteiger partial charge in [0, 0.05) is 36.0 Å². The van der Waals surface area contributed by atoms with Crippen LogP contribution >= 0.6 is 0 Å². The van der Waals surface area contributed by atoms with E-state index in [0.29, 0.717) is 30.5 Å². The van der Waals surface area contributed by atoms with Crippen LogP contribution in [0.2, 0.25) is 0 Å². The zero-order valence-corrected chi connectivity index (χ0v) is 18.0. The average Bonchev–Trinajstić information content (AvgIpc) is 3.23. The van der Waals surface area contributed by atoms with E-state index in [4.69, 9.17) is 4.42 Å². The van der Waals surface area contributed by atoms with E-state index in [1.807, 2.05) is 41.3 Å². The minimum atomic E-state index is -0.282. The van der Waals surface area contributed by atoms with Gasteiger partial charge in [0.2, 0.25) is 5.91 Å². The normalized spacial score (nSPS) is 18.8. The van der Waals surface area contributed by atoms with Crippen LogP contribution in [0.4, 0.5) is 0 Å². The summed E-state index contributed by atoms with van der Waals surface area (Å²) in [7, 11) is 0. The highest BCUT2D eigenvalue weighted by molar-refractivity contribution is 6.25. The van der Waals surface area contributed by atoms with Crippen LogP contribution in [-0.2, 0) is 4.79 Å². The van der Waals surface area contributed by atoms with Crippen molar-refractivity contribution in [2.24, 2.45) is 0 Å². The third-order valence-corrected chi connectivity index (χ3v) is 6.57. The molecule has 1 atom stereocenters. The predicted molar refractivity (Wildman–Crippen MR) is 120 cm³/mol. The van der Waals surface area contributed by atoms with Crippen molar-refractivity contribution < 1.29 is 18.8 Å². The molecule has 164 valence electrons. The number of carbonyl (C=O) groups is 3. The lowest BCUT2D eigenvalue weighted by molar-refractivity contribution is -0.134. The van der Waals surface area contributed by atoms with Crippen molar-refractivity contribution in [1.82, 2.24) is 9.80 Å². The van der Waals surface area contributed by atoms with Crippen LogP contribution in [0, 0.1) is 0 Å². The zero-order chi connectivity index (χ0) is 22.1. The van der Waals surface area contributed by atoms with E-state index in [-0.39, 0.29) is 30.3 Å². The lowest BCUT2D eigenvalue weighted by atomic mass is 9.94. The van der Waals surface area contributed by atoms with Crippen LogP contribution in [0.15, 0.2) is 59.2 Å². The fourth-order valence-corrected chi connectivity index (χ4v) is 5.00. The molecule has 2 aromatic carbocycles. The van der Waals surface area contributed by atoms with Gasteiger partial charge in [0.25, 0.3) is 11.8 Å². The molecule has 2 aliphatic rings. The maximum absolute atomic E-state index is 13.1. The summed E-state index contributed by atoms with van der Waals surface area (Å²) in [5.41, 5.74) is 1.10. The molecule has 1 aromatic heterocycles. The number of rotatable bonds is 5. The average molecular weight is 431 g/mol. The second-order valence-electron chi connectivity index (χ2n) is 8.54. The van der Waals surface area contributed by atoms with E-state index in [1.54, 1.807) is 18.4 Å². The molecule has 3 heterocycles. The van der Waals surface area contributed by atoms with Gasteiger partial charge in [-0.3, -0.25) is 19.3 Å². The lowest BCUT2D eigenvalue weighted by Gasteiger charge is -2.30. The number of furan rings is 1. The summed E-state index contributed by atoms with van der Waals surface area (Å²) < 4.78 is 5.61. The Morgan fingerprint density at radius 1 is 0.938 bits per heavy atom. The second kappa shape index (κ2) is 8.61. The van der Waals surface area contributed by atoms with Crippen molar-refractivity contribution in [3.8, 4) is 0 Å². The summed E-state index contributed by atoms with van der Waals surface area (Å²) in [5, 5.41) is 1.62. The summed E-state index contributed by atoms with van der Waals surface area (Å²) in [6.07, 6.45) is 6.42. The Hall–Kier alpha value is -3.41. The molecule has 6 nitrogen and oxygen atoms in total. The van der Waals surface area contributed by atoms with E-state index in [1.165, 1.54) is 4.90 Å². The molecular weight excluding hydrogens is 404 g/mol. The quantitative estimate of drug-likeness (QED) is 0.537. The van der Waals surface area contributed by atoms with Gasteiger partial charge < -0.3 is 9.32 Å². The number of imide groups is 1. The highest BCUT2D eigenvalue weighted by Crippen LogP contribution is 2.32. The third-order valence-electron chi connectivity index (χ3n) is 6.57. The van der Waals surface area contributed by atoms with E-state index in [0.717, 1.165) is 42.2 Å². The fraction of sp³-hybridized carbons (Fsp3) is 0.346. The van der Waals surface area contributed by atoms with Crippen molar-refractivity contribution in [3.05, 3.63) is 71.7 Å². The van der Waals surface area contributed by atoms with E-state index >= 15 is 0 Å². The first-order chi connectivity index (χ1) is 15.6. The number of amides is 3. The molecule has 0 radical (unpaired) electrons. The molecule has 3 aromatic rings. The van der Waals surface area contributed by atoms with E-state index in [2.05, 4.69) is 0 Å². The highest BCUT2D eigenvalue weighted by atomic mass is 16.3.